The average Bonchev–Trinajstić information content (AvgIpc) is 2.38. The molecule has 104 valence electrons. The predicted molar refractivity (Wildman–Crippen MR) is 70.6 cm³/mol. The molecule has 2 N–H and O–H groups in total. The number of aromatic hydroxyl groups is 1. The third-order valence-electron chi connectivity index (χ3n) is 3.75. The van der Waals surface area contributed by atoms with Crippen LogP contribution < -0.4 is 5.32 Å². The molecule has 0 bridgehead atoms. The van der Waals surface area contributed by atoms with E-state index < -0.39 is 5.82 Å². The summed E-state index contributed by atoms with van der Waals surface area (Å²) in [5.74, 6) is -0.728. The first-order valence-corrected chi connectivity index (χ1v) is 6.48. The van der Waals surface area contributed by atoms with E-state index in [0.717, 1.165) is 12.5 Å². The first-order valence-electron chi connectivity index (χ1n) is 6.48. The summed E-state index contributed by atoms with van der Waals surface area (Å²) in [4.78, 5) is 14.0. The van der Waals surface area contributed by atoms with Crippen LogP contribution in [0.5, 0.6) is 5.75 Å². The second-order valence-corrected chi connectivity index (χ2v) is 5.07. The maximum atomic E-state index is 12.9. The normalized spacial score (nSPS) is 23.4. The van der Waals surface area contributed by atoms with E-state index in [1.54, 1.807) is 4.90 Å². The van der Waals surface area contributed by atoms with Gasteiger partial charge in [-0.25, -0.2) is 4.39 Å². The van der Waals surface area contributed by atoms with Gasteiger partial charge in [0.05, 0.1) is 5.56 Å². The number of phenols is 1. The van der Waals surface area contributed by atoms with Crippen molar-refractivity contribution in [3.63, 3.8) is 0 Å². The Morgan fingerprint density at radius 2 is 2.26 bits per heavy atom. The van der Waals surface area contributed by atoms with Gasteiger partial charge in [-0.3, -0.25) is 4.79 Å². The highest BCUT2D eigenvalue weighted by Crippen LogP contribution is 2.23. The molecule has 0 aromatic heterocycles. The minimum atomic E-state index is -0.545. The molecule has 4 nitrogen and oxygen atoms in total. The van der Waals surface area contributed by atoms with Crippen LogP contribution in [-0.2, 0) is 0 Å². The van der Waals surface area contributed by atoms with Gasteiger partial charge in [-0.05, 0) is 31.5 Å². The summed E-state index contributed by atoms with van der Waals surface area (Å²) in [6, 6.07) is 3.90. The van der Waals surface area contributed by atoms with Crippen molar-refractivity contribution in [2.24, 2.45) is 5.92 Å². The van der Waals surface area contributed by atoms with Crippen LogP contribution in [0.4, 0.5) is 4.39 Å². The van der Waals surface area contributed by atoms with Crippen LogP contribution in [0.1, 0.15) is 23.7 Å². The Hall–Kier alpha value is -1.62. The highest BCUT2D eigenvalue weighted by atomic mass is 19.1. The number of carbonyl (C=O) groups excluding carboxylic acids is 1. The van der Waals surface area contributed by atoms with Gasteiger partial charge in [-0.2, -0.15) is 0 Å². The quantitative estimate of drug-likeness (QED) is 0.855. The molecular formula is C14H19FN2O2. The molecule has 19 heavy (non-hydrogen) atoms. The largest absolute Gasteiger partial charge is 0.507 e. The van der Waals surface area contributed by atoms with Crippen LogP contribution in [0.3, 0.4) is 0 Å². The highest BCUT2D eigenvalue weighted by molar-refractivity contribution is 5.96. The molecule has 0 spiro atoms. The van der Waals surface area contributed by atoms with Crippen LogP contribution in [0, 0.1) is 11.7 Å². The molecule has 5 heteroatoms. The molecule has 2 unspecified atom stereocenters. The lowest BCUT2D eigenvalue weighted by Gasteiger charge is -2.36. The van der Waals surface area contributed by atoms with E-state index in [2.05, 4.69) is 12.2 Å². The Morgan fingerprint density at radius 1 is 1.53 bits per heavy atom. The number of phenolic OH excluding ortho intramolecular Hbond substituents is 1. The number of benzene rings is 1. The minimum Gasteiger partial charge on any atom is -0.507 e. The van der Waals surface area contributed by atoms with Crippen LogP contribution in [0.2, 0.25) is 0 Å². The number of likely N-dealkylation sites (tertiary alicyclic amines) is 1. The molecular weight excluding hydrogens is 247 g/mol. The summed E-state index contributed by atoms with van der Waals surface area (Å²) in [5.41, 5.74) is 0.163. The van der Waals surface area contributed by atoms with E-state index in [1.165, 1.54) is 12.1 Å². The molecule has 1 aromatic rings. The van der Waals surface area contributed by atoms with Crippen molar-refractivity contribution in [2.45, 2.75) is 19.4 Å². The molecule has 1 aromatic carbocycles. The second kappa shape index (κ2) is 5.57. The monoisotopic (exact) mass is 266 g/mol. The van der Waals surface area contributed by atoms with Crippen molar-refractivity contribution in [1.29, 1.82) is 0 Å². The average molecular weight is 266 g/mol. The number of carbonyl (C=O) groups is 1. The summed E-state index contributed by atoms with van der Waals surface area (Å²) in [7, 11) is 1.92. The molecule has 1 aliphatic rings. The van der Waals surface area contributed by atoms with Gasteiger partial charge < -0.3 is 15.3 Å². The summed E-state index contributed by atoms with van der Waals surface area (Å²) in [6.07, 6.45) is 0.880. The van der Waals surface area contributed by atoms with Gasteiger partial charge in [0.1, 0.15) is 11.6 Å². The van der Waals surface area contributed by atoms with E-state index in [-0.39, 0.29) is 17.2 Å². The third kappa shape index (κ3) is 2.87. The van der Waals surface area contributed by atoms with Crippen molar-refractivity contribution in [2.75, 3.05) is 20.1 Å². The summed E-state index contributed by atoms with van der Waals surface area (Å²) in [6.45, 7) is 3.37. The fraction of sp³-hybridized carbons (Fsp3) is 0.500. The maximum absolute atomic E-state index is 12.9. The van der Waals surface area contributed by atoms with Crippen molar-refractivity contribution >= 4 is 5.91 Å². The molecule has 0 radical (unpaired) electrons. The fourth-order valence-corrected chi connectivity index (χ4v) is 2.61. The lowest BCUT2D eigenvalue weighted by atomic mass is 9.93. The SMILES string of the molecule is CNC1CCN(C(=O)c2ccc(F)cc2O)CC1C. The molecule has 2 rings (SSSR count). The first-order chi connectivity index (χ1) is 9.02. The van der Waals surface area contributed by atoms with E-state index >= 15 is 0 Å². The van der Waals surface area contributed by atoms with Crippen LogP contribution >= 0.6 is 0 Å². The van der Waals surface area contributed by atoms with Gasteiger partial charge in [-0.15, -0.1) is 0 Å². The molecule has 0 saturated carbocycles. The Kier molecular flexibility index (Phi) is 4.04. The Labute approximate surface area is 112 Å². The zero-order valence-corrected chi connectivity index (χ0v) is 11.2. The minimum absolute atomic E-state index is 0.163. The molecule has 1 saturated heterocycles. The molecule has 1 heterocycles. The number of hydrogen-bond acceptors (Lipinski definition) is 3. The summed E-state index contributed by atoms with van der Waals surface area (Å²) >= 11 is 0. The highest BCUT2D eigenvalue weighted by Gasteiger charge is 2.29. The Bertz CT molecular complexity index is 479. The number of hydrogen-bond donors (Lipinski definition) is 2. The number of halogens is 1. The van der Waals surface area contributed by atoms with E-state index in [1.807, 2.05) is 7.05 Å². The van der Waals surface area contributed by atoms with Crippen LogP contribution in [0.25, 0.3) is 0 Å². The zero-order valence-electron chi connectivity index (χ0n) is 11.2. The number of amides is 1. The molecule has 0 aliphatic carbocycles. The van der Waals surface area contributed by atoms with E-state index in [4.69, 9.17) is 0 Å². The maximum Gasteiger partial charge on any atom is 0.257 e. The lowest BCUT2D eigenvalue weighted by Crippen LogP contribution is -2.49. The summed E-state index contributed by atoms with van der Waals surface area (Å²) in [5, 5.41) is 12.9. The van der Waals surface area contributed by atoms with Crippen molar-refractivity contribution in [3.05, 3.63) is 29.6 Å². The van der Waals surface area contributed by atoms with E-state index in [0.29, 0.717) is 25.0 Å². The van der Waals surface area contributed by atoms with Gasteiger partial charge >= 0.3 is 0 Å². The fourth-order valence-electron chi connectivity index (χ4n) is 2.61. The van der Waals surface area contributed by atoms with E-state index in [9.17, 15) is 14.3 Å². The first kappa shape index (κ1) is 13.8. The Morgan fingerprint density at radius 3 is 2.84 bits per heavy atom. The smallest absolute Gasteiger partial charge is 0.257 e. The molecule has 1 fully saturated rings. The van der Waals surface area contributed by atoms with Gasteiger partial charge in [0, 0.05) is 25.2 Å². The van der Waals surface area contributed by atoms with Gasteiger partial charge in [0.2, 0.25) is 0 Å². The topological polar surface area (TPSA) is 52.6 Å². The van der Waals surface area contributed by atoms with Crippen molar-refractivity contribution < 1.29 is 14.3 Å². The molecule has 2 atom stereocenters. The lowest BCUT2D eigenvalue weighted by molar-refractivity contribution is 0.0646. The number of piperidine rings is 1. The predicted octanol–water partition coefficient (Wildman–Crippen LogP) is 1.60. The summed E-state index contributed by atoms with van der Waals surface area (Å²) < 4.78 is 12.9. The number of nitrogens with one attached hydrogen (secondary N) is 1. The molecule has 1 aliphatic heterocycles. The Balaban J connectivity index is 2.12. The van der Waals surface area contributed by atoms with Crippen LogP contribution in [-0.4, -0.2) is 42.1 Å². The number of rotatable bonds is 2. The van der Waals surface area contributed by atoms with Crippen LogP contribution in [0.15, 0.2) is 18.2 Å². The third-order valence-corrected chi connectivity index (χ3v) is 3.75. The van der Waals surface area contributed by atoms with Crippen molar-refractivity contribution in [3.8, 4) is 5.75 Å². The van der Waals surface area contributed by atoms with Gasteiger partial charge in [0.15, 0.2) is 0 Å². The van der Waals surface area contributed by atoms with Gasteiger partial charge in [0.25, 0.3) is 5.91 Å². The second-order valence-electron chi connectivity index (χ2n) is 5.07. The van der Waals surface area contributed by atoms with Crippen molar-refractivity contribution in [1.82, 2.24) is 10.2 Å². The molecule has 1 amide bonds. The van der Waals surface area contributed by atoms with Gasteiger partial charge in [-0.1, -0.05) is 6.92 Å². The zero-order chi connectivity index (χ0) is 14.0. The standard InChI is InChI=1S/C14H19FN2O2/c1-9-8-17(6-5-12(9)16-2)14(19)11-4-3-10(15)7-13(11)18/h3-4,7,9,12,16,18H,5-6,8H2,1-2H3. The number of nitrogens with zero attached hydrogens (tertiary/aromatic N) is 1.